The standard InChI is InChI=1S/C15H34N2O3/c1-3-9-18-12-15(4-2,13-19-10-5-7-16)14-20-11-6-8-17/h3-14,16-17H2,1-2H3. The van der Waals surface area contributed by atoms with Crippen molar-refractivity contribution in [2.75, 3.05) is 52.7 Å². The van der Waals surface area contributed by atoms with Crippen LogP contribution in [0.1, 0.15) is 39.5 Å². The van der Waals surface area contributed by atoms with Gasteiger partial charge in [0.25, 0.3) is 0 Å². The predicted molar refractivity (Wildman–Crippen MR) is 82.8 cm³/mol. The van der Waals surface area contributed by atoms with Gasteiger partial charge in [0.15, 0.2) is 0 Å². The molecule has 4 N–H and O–H groups in total. The molecular formula is C15H34N2O3. The molecule has 0 aromatic rings. The van der Waals surface area contributed by atoms with E-state index >= 15 is 0 Å². The Morgan fingerprint density at radius 1 is 0.750 bits per heavy atom. The lowest BCUT2D eigenvalue weighted by Crippen LogP contribution is -2.37. The molecular weight excluding hydrogens is 256 g/mol. The van der Waals surface area contributed by atoms with Crippen LogP contribution in [0.25, 0.3) is 0 Å². The van der Waals surface area contributed by atoms with Gasteiger partial charge in [0, 0.05) is 25.2 Å². The third kappa shape index (κ3) is 9.66. The largest absolute Gasteiger partial charge is 0.381 e. The fourth-order valence-corrected chi connectivity index (χ4v) is 1.81. The normalized spacial score (nSPS) is 12.0. The molecule has 0 aliphatic heterocycles. The van der Waals surface area contributed by atoms with E-state index in [0.29, 0.717) is 46.1 Å². The van der Waals surface area contributed by atoms with Crippen molar-refractivity contribution in [1.29, 1.82) is 0 Å². The van der Waals surface area contributed by atoms with E-state index in [4.69, 9.17) is 25.7 Å². The lowest BCUT2D eigenvalue weighted by atomic mass is 9.88. The number of rotatable bonds is 15. The van der Waals surface area contributed by atoms with Crippen molar-refractivity contribution < 1.29 is 14.2 Å². The fourth-order valence-electron chi connectivity index (χ4n) is 1.81. The number of nitrogens with two attached hydrogens (primary N) is 2. The van der Waals surface area contributed by atoms with Crippen LogP contribution in [0.2, 0.25) is 0 Å². The summed E-state index contributed by atoms with van der Waals surface area (Å²) in [6, 6.07) is 0. The van der Waals surface area contributed by atoms with Crippen LogP contribution in [0.4, 0.5) is 0 Å². The molecule has 0 amide bonds. The van der Waals surface area contributed by atoms with Gasteiger partial charge in [0.2, 0.25) is 0 Å². The third-order valence-corrected chi connectivity index (χ3v) is 3.31. The quantitative estimate of drug-likeness (QED) is 0.447. The molecule has 0 aromatic heterocycles. The molecule has 0 bridgehead atoms. The summed E-state index contributed by atoms with van der Waals surface area (Å²) >= 11 is 0. The summed E-state index contributed by atoms with van der Waals surface area (Å²) in [5.41, 5.74) is 10.9. The molecule has 0 heterocycles. The van der Waals surface area contributed by atoms with Crippen LogP contribution in [0, 0.1) is 5.41 Å². The van der Waals surface area contributed by atoms with E-state index < -0.39 is 0 Å². The molecule has 0 fully saturated rings. The van der Waals surface area contributed by atoms with E-state index in [1.807, 2.05) is 0 Å². The summed E-state index contributed by atoms with van der Waals surface area (Å²) in [6.07, 6.45) is 3.79. The van der Waals surface area contributed by atoms with Crippen LogP contribution < -0.4 is 11.5 Å². The Balaban J connectivity index is 4.20. The van der Waals surface area contributed by atoms with Gasteiger partial charge in [-0.2, -0.15) is 0 Å². The molecule has 20 heavy (non-hydrogen) atoms. The van der Waals surface area contributed by atoms with Gasteiger partial charge < -0.3 is 25.7 Å². The van der Waals surface area contributed by atoms with E-state index in [2.05, 4.69) is 13.8 Å². The summed E-state index contributed by atoms with van der Waals surface area (Å²) in [6.45, 7) is 9.80. The second-order valence-electron chi connectivity index (χ2n) is 5.30. The Kier molecular flexibility index (Phi) is 13.6. The van der Waals surface area contributed by atoms with Crippen LogP contribution in [0.15, 0.2) is 0 Å². The molecule has 0 saturated heterocycles. The van der Waals surface area contributed by atoms with Gasteiger partial charge in [-0.15, -0.1) is 0 Å². The fraction of sp³-hybridized carbons (Fsp3) is 1.00. The van der Waals surface area contributed by atoms with E-state index in [1.54, 1.807) is 0 Å². The molecule has 0 atom stereocenters. The van der Waals surface area contributed by atoms with Gasteiger partial charge in [-0.1, -0.05) is 13.8 Å². The van der Waals surface area contributed by atoms with Crippen molar-refractivity contribution in [1.82, 2.24) is 0 Å². The highest BCUT2D eigenvalue weighted by atomic mass is 16.5. The highest BCUT2D eigenvalue weighted by molar-refractivity contribution is 4.77. The molecule has 0 aliphatic carbocycles. The Hall–Kier alpha value is -0.200. The van der Waals surface area contributed by atoms with E-state index in [1.165, 1.54) is 0 Å². The van der Waals surface area contributed by atoms with Crippen molar-refractivity contribution in [3.8, 4) is 0 Å². The van der Waals surface area contributed by atoms with E-state index in [-0.39, 0.29) is 5.41 Å². The molecule has 0 rings (SSSR count). The first kappa shape index (κ1) is 19.8. The second kappa shape index (κ2) is 13.8. The molecule has 5 heteroatoms. The smallest absolute Gasteiger partial charge is 0.0566 e. The van der Waals surface area contributed by atoms with Gasteiger partial charge in [-0.3, -0.25) is 0 Å². The summed E-state index contributed by atoms with van der Waals surface area (Å²) in [5, 5.41) is 0. The molecule has 0 saturated carbocycles. The molecule has 5 nitrogen and oxygen atoms in total. The van der Waals surface area contributed by atoms with Gasteiger partial charge >= 0.3 is 0 Å². The zero-order valence-corrected chi connectivity index (χ0v) is 13.4. The number of ether oxygens (including phenoxy) is 3. The Morgan fingerprint density at radius 3 is 1.55 bits per heavy atom. The zero-order chi connectivity index (χ0) is 15.1. The molecule has 0 spiro atoms. The number of hydrogen-bond donors (Lipinski definition) is 2. The highest BCUT2D eigenvalue weighted by Crippen LogP contribution is 2.24. The van der Waals surface area contributed by atoms with Crippen LogP contribution >= 0.6 is 0 Å². The van der Waals surface area contributed by atoms with Gasteiger partial charge in [-0.05, 0) is 38.8 Å². The first-order chi connectivity index (χ1) is 9.74. The maximum atomic E-state index is 5.75. The first-order valence-corrected chi connectivity index (χ1v) is 7.88. The van der Waals surface area contributed by atoms with Crippen molar-refractivity contribution in [3.63, 3.8) is 0 Å². The minimum Gasteiger partial charge on any atom is -0.381 e. The third-order valence-electron chi connectivity index (χ3n) is 3.31. The zero-order valence-electron chi connectivity index (χ0n) is 13.4. The topological polar surface area (TPSA) is 79.7 Å². The molecule has 0 aromatic carbocycles. The monoisotopic (exact) mass is 290 g/mol. The van der Waals surface area contributed by atoms with Crippen LogP contribution in [-0.4, -0.2) is 52.7 Å². The summed E-state index contributed by atoms with van der Waals surface area (Å²) in [7, 11) is 0. The summed E-state index contributed by atoms with van der Waals surface area (Å²) < 4.78 is 17.3. The van der Waals surface area contributed by atoms with Gasteiger partial charge in [0.1, 0.15) is 0 Å². The highest BCUT2D eigenvalue weighted by Gasteiger charge is 2.29. The van der Waals surface area contributed by atoms with Crippen molar-refractivity contribution in [2.45, 2.75) is 39.5 Å². The molecule has 0 aliphatic rings. The maximum Gasteiger partial charge on any atom is 0.0566 e. The van der Waals surface area contributed by atoms with Crippen LogP contribution in [0.5, 0.6) is 0 Å². The summed E-state index contributed by atoms with van der Waals surface area (Å²) in [5.74, 6) is 0. The molecule has 122 valence electrons. The van der Waals surface area contributed by atoms with Crippen LogP contribution in [0.3, 0.4) is 0 Å². The molecule has 0 unspecified atom stereocenters. The SMILES string of the molecule is CCCOCC(CC)(COCCCN)COCCCN. The minimum atomic E-state index is -0.0572. The maximum absolute atomic E-state index is 5.75. The first-order valence-electron chi connectivity index (χ1n) is 7.88. The average molecular weight is 290 g/mol. The van der Waals surface area contributed by atoms with E-state index in [0.717, 1.165) is 32.3 Å². The Bertz CT molecular complexity index is 192. The lowest BCUT2D eigenvalue weighted by Gasteiger charge is -2.32. The Labute approximate surface area is 124 Å². The van der Waals surface area contributed by atoms with Gasteiger partial charge in [0.05, 0.1) is 19.8 Å². The second-order valence-corrected chi connectivity index (χ2v) is 5.30. The Morgan fingerprint density at radius 2 is 1.20 bits per heavy atom. The predicted octanol–water partition coefficient (Wildman–Crippen LogP) is 1.54. The summed E-state index contributed by atoms with van der Waals surface area (Å²) in [4.78, 5) is 0. The van der Waals surface area contributed by atoms with Gasteiger partial charge in [-0.25, -0.2) is 0 Å². The molecule has 0 radical (unpaired) electrons. The van der Waals surface area contributed by atoms with E-state index in [9.17, 15) is 0 Å². The average Bonchev–Trinajstić information content (AvgIpc) is 2.47. The lowest BCUT2D eigenvalue weighted by molar-refractivity contribution is -0.0715. The van der Waals surface area contributed by atoms with Crippen LogP contribution in [-0.2, 0) is 14.2 Å². The van der Waals surface area contributed by atoms with Crippen molar-refractivity contribution >= 4 is 0 Å². The minimum absolute atomic E-state index is 0.0572. The van der Waals surface area contributed by atoms with Crippen molar-refractivity contribution in [3.05, 3.63) is 0 Å². The number of hydrogen-bond acceptors (Lipinski definition) is 5. The van der Waals surface area contributed by atoms with Crippen molar-refractivity contribution in [2.24, 2.45) is 16.9 Å².